The summed E-state index contributed by atoms with van der Waals surface area (Å²) in [6, 6.07) is 0. The van der Waals surface area contributed by atoms with Gasteiger partial charge in [0.15, 0.2) is 0 Å². The number of hydrogen-bond acceptors (Lipinski definition) is 2. The Kier molecular flexibility index (Phi) is 5.46. The van der Waals surface area contributed by atoms with Gasteiger partial charge in [-0.15, -0.1) is 0 Å². The molecule has 1 saturated carbocycles. The Hall–Kier alpha value is -0.0800. The number of rotatable bonds is 6. The molecule has 0 aliphatic heterocycles. The minimum atomic E-state index is -0.185. The fourth-order valence-corrected chi connectivity index (χ4v) is 2.99. The van der Waals surface area contributed by atoms with Gasteiger partial charge >= 0.3 is 0 Å². The number of aliphatic hydroxyl groups excluding tert-OH is 1. The SMILES string of the molecule is CCCCCC(O)C1(CN)CCC(C)(C)CC1. The first kappa shape index (κ1) is 15.0. The summed E-state index contributed by atoms with van der Waals surface area (Å²) in [4.78, 5) is 0. The normalized spacial score (nSPS) is 24.5. The van der Waals surface area contributed by atoms with Crippen molar-refractivity contribution in [3.05, 3.63) is 0 Å². The molecule has 102 valence electrons. The summed E-state index contributed by atoms with van der Waals surface area (Å²) in [6.45, 7) is 7.51. The molecule has 2 nitrogen and oxygen atoms in total. The van der Waals surface area contributed by atoms with Gasteiger partial charge in [0.25, 0.3) is 0 Å². The van der Waals surface area contributed by atoms with Crippen LogP contribution in [0.4, 0.5) is 0 Å². The van der Waals surface area contributed by atoms with Crippen LogP contribution in [0.2, 0.25) is 0 Å². The fourth-order valence-electron chi connectivity index (χ4n) is 2.99. The number of unbranched alkanes of at least 4 members (excludes halogenated alkanes) is 2. The van der Waals surface area contributed by atoms with E-state index >= 15 is 0 Å². The van der Waals surface area contributed by atoms with Crippen LogP contribution in [0.3, 0.4) is 0 Å². The molecule has 0 heterocycles. The molecule has 0 aromatic carbocycles. The third-order valence-corrected chi connectivity index (χ3v) is 4.79. The second kappa shape index (κ2) is 6.19. The Labute approximate surface area is 107 Å². The van der Waals surface area contributed by atoms with E-state index in [2.05, 4.69) is 20.8 Å². The maximum atomic E-state index is 10.4. The second-order valence-electron chi connectivity index (χ2n) is 6.74. The average molecular weight is 241 g/mol. The zero-order valence-corrected chi connectivity index (χ0v) is 12.0. The maximum absolute atomic E-state index is 10.4. The lowest BCUT2D eigenvalue weighted by Gasteiger charge is -2.45. The zero-order chi connectivity index (χ0) is 12.9. The Bertz CT molecular complexity index is 215. The van der Waals surface area contributed by atoms with Crippen molar-refractivity contribution in [2.75, 3.05) is 6.54 Å². The van der Waals surface area contributed by atoms with Crippen LogP contribution in [-0.4, -0.2) is 17.8 Å². The van der Waals surface area contributed by atoms with Crippen LogP contribution in [0.5, 0.6) is 0 Å². The molecule has 1 fully saturated rings. The van der Waals surface area contributed by atoms with Gasteiger partial charge in [-0.3, -0.25) is 0 Å². The molecule has 3 N–H and O–H groups in total. The van der Waals surface area contributed by atoms with E-state index in [1.54, 1.807) is 0 Å². The topological polar surface area (TPSA) is 46.2 Å². The van der Waals surface area contributed by atoms with Crippen molar-refractivity contribution in [3.63, 3.8) is 0 Å². The van der Waals surface area contributed by atoms with E-state index in [9.17, 15) is 5.11 Å². The van der Waals surface area contributed by atoms with E-state index in [0.717, 1.165) is 25.7 Å². The van der Waals surface area contributed by atoms with Gasteiger partial charge in [-0.2, -0.15) is 0 Å². The van der Waals surface area contributed by atoms with Crippen molar-refractivity contribution in [3.8, 4) is 0 Å². The predicted molar refractivity (Wildman–Crippen MR) is 73.9 cm³/mol. The van der Waals surface area contributed by atoms with Gasteiger partial charge in [0.2, 0.25) is 0 Å². The van der Waals surface area contributed by atoms with Crippen LogP contribution in [0, 0.1) is 10.8 Å². The van der Waals surface area contributed by atoms with Crippen LogP contribution in [0.1, 0.15) is 72.1 Å². The number of aliphatic hydroxyl groups is 1. The highest BCUT2D eigenvalue weighted by Crippen LogP contribution is 2.47. The lowest BCUT2D eigenvalue weighted by Crippen LogP contribution is -2.45. The van der Waals surface area contributed by atoms with Crippen LogP contribution in [0.25, 0.3) is 0 Å². The van der Waals surface area contributed by atoms with E-state index in [1.165, 1.54) is 25.7 Å². The second-order valence-corrected chi connectivity index (χ2v) is 6.74. The number of hydrogen-bond donors (Lipinski definition) is 2. The smallest absolute Gasteiger partial charge is 0.0608 e. The number of nitrogens with two attached hydrogens (primary N) is 1. The molecule has 1 unspecified atom stereocenters. The minimum Gasteiger partial charge on any atom is -0.393 e. The molecule has 0 bridgehead atoms. The molecule has 17 heavy (non-hydrogen) atoms. The van der Waals surface area contributed by atoms with Crippen LogP contribution < -0.4 is 5.73 Å². The van der Waals surface area contributed by atoms with E-state index in [4.69, 9.17) is 5.73 Å². The first-order valence-electron chi connectivity index (χ1n) is 7.34. The van der Waals surface area contributed by atoms with Crippen molar-refractivity contribution in [1.29, 1.82) is 0 Å². The summed E-state index contributed by atoms with van der Waals surface area (Å²) in [7, 11) is 0. The van der Waals surface area contributed by atoms with Crippen molar-refractivity contribution in [2.24, 2.45) is 16.6 Å². The van der Waals surface area contributed by atoms with Crippen molar-refractivity contribution in [2.45, 2.75) is 78.2 Å². The molecule has 1 atom stereocenters. The monoisotopic (exact) mass is 241 g/mol. The third kappa shape index (κ3) is 3.96. The molecule has 1 rings (SSSR count). The van der Waals surface area contributed by atoms with Crippen LogP contribution in [-0.2, 0) is 0 Å². The van der Waals surface area contributed by atoms with Gasteiger partial charge in [0.1, 0.15) is 0 Å². The highest BCUT2D eigenvalue weighted by molar-refractivity contribution is 4.94. The van der Waals surface area contributed by atoms with Crippen molar-refractivity contribution in [1.82, 2.24) is 0 Å². The largest absolute Gasteiger partial charge is 0.393 e. The molecule has 1 aliphatic carbocycles. The first-order valence-corrected chi connectivity index (χ1v) is 7.34. The molecule has 2 heteroatoms. The van der Waals surface area contributed by atoms with E-state index in [1.807, 2.05) is 0 Å². The predicted octanol–water partition coefficient (Wildman–Crippen LogP) is 3.47. The van der Waals surface area contributed by atoms with E-state index in [0.29, 0.717) is 12.0 Å². The van der Waals surface area contributed by atoms with Gasteiger partial charge < -0.3 is 10.8 Å². The van der Waals surface area contributed by atoms with Crippen molar-refractivity contribution < 1.29 is 5.11 Å². The Morgan fingerprint density at radius 2 is 1.71 bits per heavy atom. The molecular weight excluding hydrogens is 210 g/mol. The molecule has 0 radical (unpaired) electrons. The van der Waals surface area contributed by atoms with Crippen LogP contribution in [0.15, 0.2) is 0 Å². The molecule has 0 saturated heterocycles. The lowest BCUT2D eigenvalue weighted by molar-refractivity contribution is -0.0270. The summed E-state index contributed by atoms with van der Waals surface area (Å²) in [5.41, 5.74) is 6.44. The molecule has 1 aliphatic rings. The van der Waals surface area contributed by atoms with Gasteiger partial charge in [-0.1, -0.05) is 40.0 Å². The average Bonchev–Trinajstić information content (AvgIpc) is 2.30. The quantitative estimate of drug-likeness (QED) is 0.699. The standard InChI is InChI=1S/C15H31NO/c1-4-5-6-7-13(17)15(12-16)10-8-14(2,3)9-11-15/h13,17H,4-12,16H2,1-3H3. The maximum Gasteiger partial charge on any atom is 0.0608 e. The molecule has 0 amide bonds. The summed E-state index contributed by atoms with van der Waals surface area (Å²) < 4.78 is 0. The summed E-state index contributed by atoms with van der Waals surface area (Å²) in [6.07, 6.45) is 8.94. The Balaban J connectivity index is 2.51. The molecule has 0 aromatic rings. The highest BCUT2D eigenvalue weighted by atomic mass is 16.3. The van der Waals surface area contributed by atoms with Crippen LogP contribution >= 0.6 is 0 Å². The summed E-state index contributed by atoms with van der Waals surface area (Å²) >= 11 is 0. The summed E-state index contributed by atoms with van der Waals surface area (Å²) in [5.74, 6) is 0. The van der Waals surface area contributed by atoms with E-state index < -0.39 is 0 Å². The first-order chi connectivity index (χ1) is 7.96. The van der Waals surface area contributed by atoms with Gasteiger partial charge in [-0.25, -0.2) is 0 Å². The minimum absolute atomic E-state index is 0.0171. The Morgan fingerprint density at radius 1 is 1.12 bits per heavy atom. The van der Waals surface area contributed by atoms with Gasteiger partial charge in [-0.05, 0) is 37.5 Å². The Morgan fingerprint density at radius 3 is 2.18 bits per heavy atom. The summed E-state index contributed by atoms with van der Waals surface area (Å²) in [5, 5.41) is 10.4. The lowest BCUT2D eigenvalue weighted by atomic mass is 9.62. The zero-order valence-electron chi connectivity index (χ0n) is 12.0. The van der Waals surface area contributed by atoms with E-state index in [-0.39, 0.29) is 11.5 Å². The fraction of sp³-hybridized carbons (Fsp3) is 1.00. The van der Waals surface area contributed by atoms with Gasteiger partial charge in [0.05, 0.1) is 6.10 Å². The third-order valence-electron chi connectivity index (χ3n) is 4.79. The van der Waals surface area contributed by atoms with Gasteiger partial charge in [0, 0.05) is 12.0 Å². The molecule has 0 spiro atoms. The highest BCUT2D eigenvalue weighted by Gasteiger charge is 2.41. The molecular formula is C15H31NO. The van der Waals surface area contributed by atoms with Crippen molar-refractivity contribution >= 4 is 0 Å². The molecule has 0 aromatic heterocycles.